The number of hydrogen-bond donors (Lipinski definition) is 2. The average Bonchev–Trinajstić information content (AvgIpc) is 2.19. The van der Waals surface area contributed by atoms with Gasteiger partial charge in [0, 0.05) is 16.1 Å². The normalized spacial score (nSPS) is 15.2. The lowest BCUT2D eigenvalue weighted by Crippen LogP contribution is -2.30. The summed E-state index contributed by atoms with van der Waals surface area (Å²) >= 11 is 3.25. The summed E-state index contributed by atoms with van der Waals surface area (Å²) in [6, 6.07) is 4.05. The summed E-state index contributed by atoms with van der Waals surface area (Å²) in [5.41, 5.74) is 6.09. The monoisotopic (exact) mass is 289 g/mol. The van der Waals surface area contributed by atoms with Crippen LogP contribution in [0.2, 0.25) is 0 Å². The topological polar surface area (TPSA) is 46.2 Å². The minimum absolute atomic E-state index is 0.252. The molecule has 0 fully saturated rings. The highest BCUT2D eigenvalue weighted by Crippen LogP contribution is 2.25. The number of aliphatic hydroxyl groups excluding tert-OH is 1. The molecule has 1 aromatic rings. The summed E-state index contributed by atoms with van der Waals surface area (Å²) in [5.74, 6) is -0.0465. The molecule has 16 heavy (non-hydrogen) atoms. The van der Waals surface area contributed by atoms with E-state index in [1.54, 1.807) is 12.1 Å². The number of hydrogen-bond acceptors (Lipinski definition) is 2. The Balaban J connectivity index is 2.86. The van der Waals surface area contributed by atoms with Crippen LogP contribution >= 0.6 is 15.9 Å². The van der Waals surface area contributed by atoms with Crippen LogP contribution in [0.4, 0.5) is 4.39 Å². The summed E-state index contributed by atoms with van der Waals surface area (Å²) in [5, 5.41) is 9.96. The Hall–Kier alpha value is -0.450. The molecule has 0 radical (unpaired) electrons. The van der Waals surface area contributed by atoms with Crippen LogP contribution in [0, 0.1) is 11.7 Å². The third-order valence-electron chi connectivity index (χ3n) is 2.43. The van der Waals surface area contributed by atoms with E-state index in [4.69, 9.17) is 5.73 Å². The molecule has 0 aliphatic heterocycles. The second-order valence-corrected chi connectivity index (χ2v) is 5.32. The molecule has 1 aromatic carbocycles. The molecule has 0 amide bonds. The Bertz CT molecular complexity index is 357. The zero-order valence-corrected chi connectivity index (χ0v) is 11.0. The van der Waals surface area contributed by atoms with E-state index in [1.165, 1.54) is 6.07 Å². The Kier molecular flexibility index (Phi) is 4.89. The van der Waals surface area contributed by atoms with Crippen molar-refractivity contribution in [1.82, 2.24) is 0 Å². The highest BCUT2D eigenvalue weighted by atomic mass is 79.9. The molecule has 0 aliphatic rings. The number of rotatable bonds is 4. The quantitative estimate of drug-likeness (QED) is 0.895. The van der Waals surface area contributed by atoms with Crippen molar-refractivity contribution in [2.24, 2.45) is 11.7 Å². The van der Waals surface area contributed by atoms with Gasteiger partial charge in [-0.25, -0.2) is 4.39 Å². The Morgan fingerprint density at radius 3 is 2.62 bits per heavy atom. The maximum absolute atomic E-state index is 13.5. The molecular formula is C12H17BrFNO. The average molecular weight is 290 g/mol. The van der Waals surface area contributed by atoms with Gasteiger partial charge in [-0.1, -0.05) is 29.8 Å². The molecule has 0 aliphatic carbocycles. The summed E-state index contributed by atoms with van der Waals surface area (Å²) in [6.07, 6.45) is -0.299. The highest BCUT2D eigenvalue weighted by Gasteiger charge is 2.21. The highest BCUT2D eigenvalue weighted by molar-refractivity contribution is 9.10. The van der Waals surface area contributed by atoms with Crippen LogP contribution in [0.15, 0.2) is 22.7 Å². The van der Waals surface area contributed by atoms with Crippen molar-refractivity contribution >= 4 is 15.9 Å². The van der Waals surface area contributed by atoms with Gasteiger partial charge in [0.25, 0.3) is 0 Å². The molecule has 90 valence electrons. The number of benzene rings is 1. The molecule has 2 atom stereocenters. The lowest BCUT2D eigenvalue weighted by Gasteiger charge is -2.21. The SMILES string of the molecule is CC(C)CC(N)C(O)c1cc(Br)ccc1F. The summed E-state index contributed by atoms with van der Waals surface area (Å²) in [4.78, 5) is 0. The van der Waals surface area contributed by atoms with Crippen molar-refractivity contribution in [2.75, 3.05) is 0 Å². The second kappa shape index (κ2) is 5.75. The Morgan fingerprint density at radius 1 is 1.44 bits per heavy atom. The van der Waals surface area contributed by atoms with E-state index in [-0.39, 0.29) is 5.56 Å². The molecule has 4 heteroatoms. The van der Waals surface area contributed by atoms with E-state index < -0.39 is 18.0 Å². The number of aliphatic hydroxyl groups is 1. The fourth-order valence-corrected chi connectivity index (χ4v) is 2.02. The molecule has 0 bridgehead atoms. The Morgan fingerprint density at radius 2 is 2.06 bits per heavy atom. The fraction of sp³-hybridized carbons (Fsp3) is 0.500. The molecule has 0 heterocycles. The minimum atomic E-state index is -0.958. The molecule has 2 nitrogen and oxygen atoms in total. The predicted molar refractivity (Wildman–Crippen MR) is 66.5 cm³/mol. The molecule has 2 unspecified atom stereocenters. The van der Waals surface area contributed by atoms with Crippen molar-refractivity contribution in [3.8, 4) is 0 Å². The lowest BCUT2D eigenvalue weighted by molar-refractivity contribution is 0.132. The van der Waals surface area contributed by atoms with Gasteiger partial charge in [-0.2, -0.15) is 0 Å². The van der Waals surface area contributed by atoms with Gasteiger partial charge in [0.2, 0.25) is 0 Å². The zero-order chi connectivity index (χ0) is 12.3. The van der Waals surface area contributed by atoms with Crippen LogP contribution in [-0.4, -0.2) is 11.1 Å². The zero-order valence-electron chi connectivity index (χ0n) is 9.45. The van der Waals surface area contributed by atoms with E-state index in [0.717, 1.165) is 4.47 Å². The molecule has 0 saturated heterocycles. The van der Waals surface area contributed by atoms with Crippen molar-refractivity contribution < 1.29 is 9.50 Å². The molecule has 1 rings (SSSR count). The van der Waals surface area contributed by atoms with Gasteiger partial charge in [-0.3, -0.25) is 0 Å². The molecular weight excluding hydrogens is 273 g/mol. The first-order valence-corrected chi connectivity index (χ1v) is 6.09. The largest absolute Gasteiger partial charge is 0.387 e. The third-order valence-corrected chi connectivity index (χ3v) is 2.92. The van der Waals surface area contributed by atoms with Gasteiger partial charge < -0.3 is 10.8 Å². The van der Waals surface area contributed by atoms with E-state index >= 15 is 0 Å². The maximum atomic E-state index is 13.5. The van der Waals surface area contributed by atoms with Crippen LogP contribution < -0.4 is 5.73 Å². The van der Waals surface area contributed by atoms with Crippen molar-refractivity contribution in [1.29, 1.82) is 0 Å². The lowest BCUT2D eigenvalue weighted by atomic mass is 9.95. The molecule has 3 N–H and O–H groups in total. The molecule has 0 saturated carbocycles. The van der Waals surface area contributed by atoms with E-state index in [0.29, 0.717) is 12.3 Å². The Labute approximate surface area is 104 Å². The van der Waals surface area contributed by atoms with E-state index in [9.17, 15) is 9.50 Å². The number of halogens is 2. The van der Waals surface area contributed by atoms with Crippen LogP contribution in [0.25, 0.3) is 0 Å². The van der Waals surface area contributed by atoms with Gasteiger partial charge in [-0.05, 0) is 30.5 Å². The summed E-state index contributed by atoms with van der Waals surface area (Å²) in [6.45, 7) is 4.04. The first-order chi connectivity index (χ1) is 7.41. The van der Waals surface area contributed by atoms with Crippen molar-refractivity contribution in [3.63, 3.8) is 0 Å². The third kappa shape index (κ3) is 3.54. The summed E-state index contributed by atoms with van der Waals surface area (Å²) in [7, 11) is 0. The summed E-state index contributed by atoms with van der Waals surface area (Å²) < 4.78 is 14.2. The van der Waals surface area contributed by atoms with Gasteiger partial charge >= 0.3 is 0 Å². The van der Waals surface area contributed by atoms with Crippen molar-refractivity contribution in [3.05, 3.63) is 34.1 Å². The van der Waals surface area contributed by atoms with Gasteiger partial charge in [0.1, 0.15) is 5.82 Å². The van der Waals surface area contributed by atoms with Crippen molar-refractivity contribution in [2.45, 2.75) is 32.4 Å². The van der Waals surface area contributed by atoms with Crippen LogP contribution in [-0.2, 0) is 0 Å². The van der Waals surface area contributed by atoms with E-state index in [1.807, 2.05) is 13.8 Å². The molecule has 0 aromatic heterocycles. The van der Waals surface area contributed by atoms with E-state index in [2.05, 4.69) is 15.9 Å². The standard InChI is InChI=1S/C12H17BrFNO/c1-7(2)5-11(15)12(16)9-6-8(13)3-4-10(9)14/h3-4,6-7,11-12,16H,5,15H2,1-2H3. The minimum Gasteiger partial charge on any atom is -0.387 e. The van der Waals surface area contributed by atoms with Crippen LogP contribution in [0.5, 0.6) is 0 Å². The van der Waals surface area contributed by atoms with Gasteiger partial charge in [0.05, 0.1) is 6.10 Å². The second-order valence-electron chi connectivity index (χ2n) is 4.40. The maximum Gasteiger partial charge on any atom is 0.129 e. The fourth-order valence-electron chi connectivity index (χ4n) is 1.65. The predicted octanol–water partition coefficient (Wildman–Crippen LogP) is 3.00. The number of nitrogens with two attached hydrogens (primary N) is 1. The molecule has 0 spiro atoms. The van der Waals surface area contributed by atoms with Gasteiger partial charge in [-0.15, -0.1) is 0 Å². The van der Waals surface area contributed by atoms with Crippen LogP contribution in [0.1, 0.15) is 31.9 Å². The van der Waals surface area contributed by atoms with Gasteiger partial charge in [0.15, 0.2) is 0 Å². The first kappa shape index (κ1) is 13.6. The van der Waals surface area contributed by atoms with Crippen LogP contribution in [0.3, 0.4) is 0 Å². The smallest absolute Gasteiger partial charge is 0.129 e. The first-order valence-electron chi connectivity index (χ1n) is 5.30.